The Morgan fingerprint density at radius 2 is 1.74 bits per heavy atom. The number of unbranched alkanes of at least 4 members (excludes halogenated alkanes) is 3. The van der Waals surface area contributed by atoms with Crippen molar-refractivity contribution >= 4 is 34.0 Å². The monoisotopic (exact) mass is 416 g/mol. The van der Waals surface area contributed by atoms with E-state index in [2.05, 4.69) is 13.8 Å². The van der Waals surface area contributed by atoms with Crippen LogP contribution in [0.4, 0.5) is 5.82 Å². The fourth-order valence-electron chi connectivity index (χ4n) is 3.75. The summed E-state index contributed by atoms with van der Waals surface area (Å²) in [6, 6.07) is 13.7. The SMILES string of the molecule is CCCCCCOC(=O)c1c(N)n(-c2ccc(C)c(C)c2)c2nc3ccccc3nc12. The Balaban J connectivity index is 1.85. The third-order valence-corrected chi connectivity index (χ3v) is 5.68. The molecule has 0 aliphatic rings. The lowest BCUT2D eigenvalue weighted by Gasteiger charge is -2.10. The first-order chi connectivity index (χ1) is 15.0. The fourth-order valence-corrected chi connectivity index (χ4v) is 3.75. The Bertz CT molecular complexity index is 1260. The van der Waals surface area contributed by atoms with E-state index in [1.807, 2.05) is 49.4 Å². The van der Waals surface area contributed by atoms with Crippen molar-refractivity contribution in [2.45, 2.75) is 46.5 Å². The predicted molar refractivity (Wildman–Crippen MR) is 125 cm³/mol. The number of nitrogen functional groups attached to an aromatic ring is 1. The van der Waals surface area contributed by atoms with Gasteiger partial charge in [-0.1, -0.05) is 44.4 Å². The van der Waals surface area contributed by atoms with Crippen molar-refractivity contribution in [2.24, 2.45) is 0 Å². The highest BCUT2D eigenvalue weighted by molar-refractivity contribution is 6.09. The second-order valence-electron chi connectivity index (χ2n) is 7.95. The number of aryl methyl sites for hydroxylation is 2. The number of anilines is 1. The number of carbonyl (C=O) groups excluding carboxylic acids is 1. The van der Waals surface area contributed by atoms with Crippen molar-refractivity contribution in [1.29, 1.82) is 0 Å². The van der Waals surface area contributed by atoms with Crippen LogP contribution in [-0.4, -0.2) is 27.1 Å². The molecule has 0 unspecified atom stereocenters. The van der Waals surface area contributed by atoms with E-state index in [9.17, 15) is 4.79 Å². The summed E-state index contributed by atoms with van der Waals surface area (Å²) in [5, 5.41) is 0. The van der Waals surface area contributed by atoms with E-state index < -0.39 is 5.97 Å². The number of fused-ring (bicyclic) bond motifs is 2. The van der Waals surface area contributed by atoms with Crippen molar-refractivity contribution in [3.05, 3.63) is 59.2 Å². The first-order valence-electron chi connectivity index (χ1n) is 10.8. The molecule has 0 saturated carbocycles. The summed E-state index contributed by atoms with van der Waals surface area (Å²) in [7, 11) is 0. The molecule has 0 aliphatic heterocycles. The third kappa shape index (κ3) is 3.98. The number of carbonyl (C=O) groups is 1. The smallest absolute Gasteiger partial charge is 0.344 e. The van der Waals surface area contributed by atoms with Gasteiger partial charge in [0.1, 0.15) is 16.9 Å². The molecule has 2 aromatic heterocycles. The van der Waals surface area contributed by atoms with E-state index in [1.165, 1.54) is 5.56 Å². The van der Waals surface area contributed by atoms with Crippen LogP contribution in [0, 0.1) is 13.8 Å². The van der Waals surface area contributed by atoms with Gasteiger partial charge in [0.25, 0.3) is 0 Å². The Labute approximate surface area is 182 Å². The average Bonchev–Trinajstić information content (AvgIpc) is 3.04. The third-order valence-electron chi connectivity index (χ3n) is 5.68. The van der Waals surface area contributed by atoms with Crippen LogP contribution in [0.25, 0.3) is 27.9 Å². The van der Waals surface area contributed by atoms with Gasteiger partial charge in [-0.15, -0.1) is 0 Å². The number of hydrogen-bond donors (Lipinski definition) is 1. The first-order valence-corrected chi connectivity index (χ1v) is 10.8. The Morgan fingerprint density at radius 3 is 2.45 bits per heavy atom. The molecule has 2 N–H and O–H groups in total. The maximum Gasteiger partial charge on any atom is 0.344 e. The molecule has 0 aliphatic carbocycles. The summed E-state index contributed by atoms with van der Waals surface area (Å²) in [4.78, 5) is 22.6. The second kappa shape index (κ2) is 8.76. The number of nitrogens with two attached hydrogens (primary N) is 1. The van der Waals surface area contributed by atoms with Gasteiger partial charge in [-0.05, 0) is 55.7 Å². The molecular weight excluding hydrogens is 388 g/mol. The molecule has 6 nitrogen and oxygen atoms in total. The molecule has 0 saturated heterocycles. The number of aromatic nitrogens is 3. The average molecular weight is 417 g/mol. The molecule has 0 bridgehead atoms. The minimum absolute atomic E-state index is 0.280. The standard InChI is InChI=1S/C25H28N4O2/c1-4-5-6-9-14-31-25(30)21-22-24(28-20-11-8-7-10-19(20)27-22)29(23(21)26)18-13-12-16(2)17(3)15-18/h7-8,10-13,15H,4-6,9,14,26H2,1-3H3. The van der Waals surface area contributed by atoms with Crippen LogP contribution < -0.4 is 5.73 Å². The van der Waals surface area contributed by atoms with Gasteiger partial charge in [-0.25, -0.2) is 14.8 Å². The Morgan fingerprint density at radius 1 is 1.00 bits per heavy atom. The van der Waals surface area contributed by atoms with Crippen LogP contribution in [-0.2, 0) is 4.74 Å². The summed E-state index contributed by atoms with van der Waals surface area (Å²) < 4.78 is 7.37. The zero-order valence-electron chi connectivity index (χ0n) is 18.3. The molecule has 6 heteroatoms. The number of benzene rings is 2. The Kier molecular flexibility index (Phi) is 5.89. The molecule has 4 rings (SSSR count). The highest BCUT2D eigenvalue weighted by Crippen LogP contribution is 2.32. The topological polar surface area (TPSA) is 83.0 Å². The minimum Gasteiger partial charge on any atom is -0.462 e. The summed E-state index contributed by atoms with van der Waals surface area (Å²) in [6.07, 6.45) is 4.13. The van der Waals surface area contributed by atoms with Gasteiger partial charge >= 0.3 is 5.97 Å². The van der Waals surface area contributed by atoms with Gasteiger partial charge in [0.05, 0.1) is 17.6 Å². The molecule has 2 aromatic carbocycles. The molecule has 0 amide bonds. The van der Waals surface area contributed by atoms with Gasteiger partial charge in [0.15, 0.2) is 5.65 Å². The van der Waals surface area contributed by atoms with Gasteiger partial charge in [-0.2, -0.15) is 0 Å². The zero-order chi connectivity index (χ0) is 22.0. The van der Waals surface area contributed by atoms with Crippen molar-refractivity contribution < 1.29 is 9.53 Å². The maximum atomic E-state index is 13.0. The van der Waals surface area contributed by atoms with E-state index >= 15 is 0 Å². The number of para-hydroxylation sites is 2. The van der Waals surface area contributed by atoms with E-state index in [4.69, 9.17) is 20.4 Å². The van der Waals surface area contributed by atoms with Crippen molar-refractivity contribution in [3.8, 4) is 5.69 Å². The number of nitrogens with zero attached hydrogens (tertiary/aromatic N) is 3. The van der Waals surface area contributed by atoms with Crippen molar-refractivity contribution in [1.82, 2.24) is 14.5 Å². The van der Waals surface area contributed by atoms with E-state index in [0.717, 1.165) is 42.5 Å². The van der Waals surface area contributed by atoms with E-state index in [0.29, 0.717) is 29.1 Å². The maximum absolute atomic E-state index is 13.0. The largest absolute Gasteiger partial charge is 0.462 e. The van der Waals surface area contributed by atoms with Crippen LogP contribution in [0.15, 0.2) is 42.5 Å². The first kappa shape index (κ1) is 20.8. The summed E-state index contributed by atoms with van der Waals surface area (Å²) in [5.74, 6) is -0.154. The van der Waals surface area contributed by atoms with E-state index in [1.54, 1.807) is 4.57 Å². The van der Waals surface area contributed by atoms with Crippen LogP contribution >= 0.6 is 0 Å². The van der Waals surface area contributed by atoms with Gasteiger partial charge < -0.3 is 10.5 Å². The van der Waals surface area contributed by atoms with E-state index in [-0.39, 0.29) is 5.56 Å². The van der Waals surface area contributed by atoms with Crippen molar-refractivity contribution in [2.75, 3.05) is 12.3 Å². The number of esters is 1. The molecule has 4 aromatic rings. The number of rotatable bonds is 7. The zero-order valence-corrected chi connectivity index (χ0v) is 18.3. The van der Waals surface area contributed by atoms with Crippen LogP contribution in [0.3, 0.4) is 0 Å². The van der Waals surface area contributed by atoms with Gasteiger partial charge in [-0.3, -0.25) is 4.57 Å². The predicted octanol–water partition coefficient (Wildman–Crippen LogP) is 5.51. The normalized spacial score (nSPS) is 11.3. The van der Waals surface area contributed by atoms with Crippen LogP contribution in [0.2, 0.25) is 0 Å². The van der Waals surface area contributed by atoms with Crippen LogP contribution in [0.1, 0.15) is 54.1 Å². The molecule has 160 valence electrons. The highest BCUT2D eigenvalue weighted by Gasteiger charge is 2.26. The van der Waals surface area contributed by atoms with Crippen molar-refractivity contribution in [3.63, 3.8) is 0 Å². The summed E-state index contributed by atoms with van der Waals surface area (Å²) in [6.45, 7) is 6.63. The Hall–Kier alpha value is -3.41. The molecule has 0 atom stereocenters. The molecular formula is C25H28N4O2. The molecule has 2 heterocycles. The minimum atomic E-state index is -0.453. The number of hydrogen-bond acceptors (Lipinski definition) is 5. The lowest BCUT2D eigenvalue weighted by atomic mass is 10.1. The lowest BCUT2D eigenvalue weighted by Crippen LogP contribution is -2.10. The molecule has 31 heavy (non-hydrogen) atoms. The quantitative estimate of drug-likeness (QED) is 0.317. The molecule has 0 fully saturated rings. The van der Waals surface area contributed by atoms with Gasteiger partial charge in [0.2, 0.25) is 0 Å². The van der Waals surface area contributed by atoms with Crippen LogP contribution in [0.5, 0.6) is 0 Å². The number of ether oxygens (including phenoxy) is 1. The molecule has 0 radical (unpaired) electrons. The molecule has 0 spiro atoms. The van der Waals surface area contributed by atoms with Gasteiger partial charge in [0, 0.05) is 5.69 Å². The summed E-state index contributed by atoms with van der Waals surface area (Å²) in [5.41, 5.74) is 12.5. The summed E-state index contributed by atoms with van der Waals surface area (Å²) >= 11 is 0. The lowest BCUT2D eigenvalue weighted by molar-refractivity contribution is 0.0501. The fraction of sp³-hybridized carbons (Fsp3) is 0.320. The highest BCUT2D eigenvalue weighted by atomic mass is 16.5. The second-order valence-corrected chi connectivity index (χ2v) is 7.95.